The van der Waals surface area contributed by atoms with Gasteiger partial charge in [0.05, 0.1) is 23.8 Å². The van der Waals surface area contributed by atoms with Crippen LogP contribution in [0.15, 0.2) is 59.7 Å². The van der Waals surface area contributed by atoms with Gasteiger partial charge in [0.2, 0.25) is 6.86 Å². The monoisotopic (exact) mass is 459 g/mol. The fraction of sp³-hybridized carbons (Fsp3) is 0.261. The smallest absolute Gasteiger partial charge is 0.253 e. The highest BCUT2D eigenvalue weighted by Crippen LogP contribution is 2.36. The van der Waals surface area contributed by atoms with E-state index < -0.39 is 36.0 Å². The summed E-state index contributed by atoms with van der Waals surface area (Å²) in [5, 5.41) is 12.7. The fourth-order valence-electron chi connectivity index (χ4n) is 3.42. The number of benzene rings is 1. The van der Waals surface area contributed by atoms with Crippen molar-refractivity contribution in [3.05, 3.63) is 93.7 Å². The van der Waals surface area contributed by atoms with Crippen molar-refractivity contribution in [2.24, 2.45) is 0 Å². The number of aromatic nitrogens is 2. The van der Waals surface area contributed by atoms with E-state index in [1.807, 2.05) is 0 Å². The van der Waals surface area contributed by atoms with Gasteiger partial charge in [-0.25, -0.2) is 13.2 Å². The molecule has 1 fully saturated rings. The molecule has 1 aromatic carbocycles. The van der Waals surface area contributed by atoms with Crippen LogP contribution in [0.4, 0.5) is 13.2 Å². The van der Waals surface area contributed by atoms with Crippen molar-refractivity contribution in [3.8, 4) is 5.75 Å². The van der Waals surface area contributed by atoms with Crippen LogP contribution in [0.1, 0.15) is 40.5 Å². The van der Waals surface area contributed by atoms with Gasteiger partial charge in [0.25, 0.3) is 11.5 Å². The van der Waals surface area contributed by atoms with Crippen LogP contribution in [0.2, 0.25) is 0 Å². The molecule has 2 aromatic heterocycles. The first-order valence-corrected chi connectivity index (χ1v) is 10.1. The number of rotatable bonds is 8. The van der Waals surface area contributed by atoms with E-state index in [0.29, 0.717) is 12.8 Å². The van der Waals surface area contributed by atoms with Gasteiger partial charge in [-0.2, -0.15) is 0 Å². The molecule has 0 radical (unpaired) electrons. The second-order valence-electron chi connectivity index (χ2n) is 7.83. The number of nitrogens with zero attached hydrogens (tertiary/aromatic N) is 2. The third-order valence-corrected chi connectivity index (χ3v) is 5.37. The number of carbonyl (C=O) groups is 1. The van der Waals surface area contributed by atoms with E-state index in [2.05, 4.69) is 15.0 Å². The summed E-state index contributed by atoms with van der Waals surface area (Å²) in [4.78, 5) is 29.1. The molecule has 3 aromatic rings. The first kappa shape index (κ1) is 22.5. The number of aliphatic hydroxyl groups is 1. The molecule has 1 atom stereocenters. The van der Waals surface area contributed by atoms with Crippen molar-refractivity contribution < 1.29 is 27.8 Å². The molecule has 1 saturated carbocycles. The third kappa shape index (κ3) is 5.06. The number of hydrogen-bond acceptors (Lipinski definition) is 5. The summed E-state index contributed by atoms with van der Waals surface area (Å²) in [6, 6.07) is 7.34. The minimum absolute atomic E-state index is 0.0481. The second-order valence-corrected chi connectivity index (χ2v) is 7.83. The van der Waals surface area contributed by atoms with Gasteiger partial charge in [-0.1, -0.05) is 6.07 Å². The van der Waals surface area contributed by atoms with Gasteiger partial charge in [-0.15, -0.1) is 0 Å². The fourth-order valence-corrected chi connectivity index (χ4v) is 3.42. The first-order valence-electron chi connectivity index (χ1n) is 10.1. The lowest BCUT2D eigenvalue weighted by atomic mass is 10.0. The highest BCUT2D eigenvalue weighted by molar-refractivity contribution is 5.94. The van der Waals surface area contributed by atoms with E-state index in [9.17, 15) is 27.9 Å². The highest BCUT2D eigenvalue weighted by Gasteiger charge is 2.40. The predicted molar refractivity (Wildman–Crippen MR) is 111 cm³/mol. The number of hydrogen-bond donors (Lipinski definition) is 2. The Balaban J connectivity index is 1.67. The predicted octanol–water partition coefficient (Wildman–Crippen LogP) is 2.87. The maximum absolute atomic E-state index is 14.5. The molecular weight excluding hydrogens is 439 g/mol. The normalized spacial score (nSPS) is 15.0. The van der Waals surface area contributed by atoms with E-state index in [0.717, 1.165) is 12.1 Å². The zero-order chi connectivity index (χ0) is 23.6. The standard InChI is InChI=1S/C23H20F3N3O4/c24-13-33-18-5-3-14(10-17(18)26)20(21-16(25)2-1-9-27-21)28-22(31)15-4-6-19(30)29(11-15)12-23(32)7-8-23/h1-6,9-11,20,32H,7-8,12-13H2,(H,28,31)/t20-/m0/s1. The Bertz CT molecular complexity index is 1240. The zero-order valence-electron chi connectivity index (χ0n) is 17.3. The Kier molecular flexibility index (Phi) is 6.19. The summed E-state index contributed by atoms with van der Waals surface area (Å²) >= 11 is 0. The molecule has 1 aliphatic carbocycles. The zero-order valence-corrected chi connectivity index (χ0v) is 17.3. The molecule has 0 aliphatic heterocycles. The average molecular weight is 459 g/mol. The summed E-state index contributed by atoms with van der Waals surface area (Å²) in [5.41, 5.74) is -1.28. The molecule has 4 rings (SSSR count). The maximum Gasteiger partial charge on any atom is 0.253 e. The molecule has 2 heterocycles. The summed E-state index contributed by atoms with van der Waals surface area (Å²) < 4.78 is 47.1. The Labute approximate surface area is 186 Å². The molecule has 10 heteroatoms. The first-order chi connectivity index (χ1) is 15.8. The molecule has 1 amide bonds. The quantitative estimate of drug-likeness (QED) is 0.541. The van der Waals surface area contributed by atoms with Gasteiger partial charge in [-0.05, 0) is 48.7 Å². The Hall–Kier alpha value is -3.66. The number of nitrogens with one attached hydrogen (secondary N) is 1. The number of amides is 1. The lowest BCUT2D eigenvalue weighted by Crippen LogP contribution is -2.33. The molecule has 2 N–H and O–H groups in total. The minimum atomic E-state index is -1.23. The lowest BCUT2D eigenvalue weighted by molar-refractivity contribution is 0.0938. The lowest BCUT2D eigenvalue weighted by Gasteiger charge is -2.20. The summed E-state index contributed by atoms with van der Waals surface area (Å²) in [5.74, 6) is -2.64. The van der Waals surface area contributed by atoms with Gasteiger partial charge < -0.3 is 19.7 Å². The van der Waals surface area contributed by atoms with Crippen molar-refractivity contribution in [2.45, 2.75) is 31.0 Å². The number of alkyl halides is 1. The topological polar surface area (TPSA) is 93.5 Å². The van der Waals surface area contributed by atoms with E-state index >= 15 is 0 Å². The van der Waals surface area contributed by atoms with Gasteiger partial charge in [0.15, 0.2) is 11.6 Å². The van der Waals surface area contributed by atoms with Crippen molar-refractivity contribution in [1.82, 2.24) is 14.9 Å². The highest BCUT2D eigenvalue weighted by atomic mass is 19.1. The van der Waals surface area contributed by atoms with Gasteiger partial charge in [0.1, 0.15) is 11.5 Å². The van der Waals surface area contributed by atoms with Crippen molar-refractivity contribution in [3.63, 3.8) is 0 Å². The molecule has 1 aliphatic rings. The molecule has 0 bridgehead atoms. The molecule has 0 spiro atoms. The van der Waals surface area contributed by atoms with Crippen LogP contribution >= 0.6 is 0 Å². The Morgan fingerprint density at radius 3 is 2.67 bits per heavy atom. The number of pyridine rings is 2. The molecule has 172 valence electrons. The van der Waals surface area contributed by atoms with E-state index in [4.69, 9.17) is 0 Å². The molecule has 0 saturated heterocycles. The van der Waals surface area contributed by atoms with Crippen LogP contribution in [0.5, 0.6) is 5.75 Å². The van der Waals surface area contributed by atoms with E-state index in [1.165, 1.54) is 47.3 Å². The van der Waals surface area contributed by atoms with E-state index in [1.54, 1.807) is 0 Å². The molecular formula is C23H20F3N3O4. The van der Waals surface area contributed by atoms with Crippen molar-refractivity contribution in [1.29, 1.82) is 0 Å². The van der Waals surface area contributed by atoms with Crippen LogP contribution in [-0.2, 0) is 6.54 Å². The average Bonchev–Trinajstić information content (AvgIpc) is 3.52. The SMILES string of the molecule is O=C(N[C@@H](c1ccc(OCF)c(F)c1)c1ncccc1F)c1ccc(=O)n(CC2(O)CC2)c1. The largest absolute Gasteiger partial charge is 0.460 e. The summed E-state index contributed by atoms with van der Waals surface area (Å²) in [6.45, 7) is -1.18. The van der Waals surface area contributed by atoms with Crippen LogP contribution in [-0.4, -0.2) is 33.0 Å². The number of halogens is 3. The molecule has 33 heavy (non-hydrogen) atoms. The number of ether oxygens (including phenoxy) is 1. The van der Waals surface area contributed by atoms with Crippen LogP contribution in [0.3, 0.4) is 0 Å². The van der Waals surface area contributed by atoms with Crippen LogP contribution < -0.4 is 15.6 Å². The van der Waals surface area contributed by atoms with Crippen molar-refractivity contribution in [2.75, 3.05) is 6.86 Å². The maximum atomic E-state index is 14.5. The summed E-state index contributed by atoms with van der Waals surface area (Å²) in [6.07, 6.45) is 3.75. The third-order valence-electron chi connectivity index (χ3n) is 5.37. The Morgan fingerprint density at radius 1 is 1.21 bits per heavy atom. The van der Waals surface area contributed by atoms with Crippen LogP contribution in [0, 0.1) is 11.6 Å². The summed E-state index contributed by atoms with van der Waals surface area (Å²) in [7, 11) is 0. The van der Waals surface area contributed by atoms with Crippen LogP contribution in [0.25, 0.3) is 0 Å². The molecule has 0 unspecified atom stereocenters. The Morgan fingerprint density at radius 2 is 2.00 bits per heavy atom. The minimum Gasteiger partial charge on any atom is -0.460 e. The van der Waals surface area contributed by atoms with Gasteiger partial charge >= 0.3 is 0 Å². The van der Waals surface area contributed by atoms with Gasteiger partial charge in [-0.3, -0.25) is 14.6 Å². The van der Waals surface area contributed by atoms with E-state index in [-0.39, 0.29) is 34.7 Å². The second kappa shape index (κ2) is 9.07. The number of carbonyl (C=O) groups excluding carboxylic acids is 1. The van der Waals surface area contributed by atoms with Gasteiger partial charge in [0, 0.05) is 18.5 Å². The van der Waals surface area contributed by atoms with Crippen molar-refractivity contribution >= 4 is 5.91 Å². The molecule has 7 nitrogen and oxygen atoms in total.